The van der Waals surface area contributed by atoms with Crippen LogP contribution in [0.4, 0.5) is 0 Å². The normalized spacial score (nSPS) is 12.2. The molecule has 0 saturated carbocycles. The number of benzene rings is 3. The number of aryl methyl sites for hydroxylation is 1. The predicted octanol–water partition coefficient (Wildman–Crippen LogP) is 3.42. The van der Waals surface area contributed by atoms with Crippen molar-refractivity contribution in [2.75, 3.05) is 13.2 Å². The summed E-state index contributed by atoms with van der Waals surface area (Å²) in [5.41, 5.74) is 4.54. The van der Waals surface area contributed by atoms with Crippen LogP contribution < -0.4 is 19.6 Å². The number of carboxylic acids is 1. The molecule has 3 aromatic carbocycles. The molecule has 10 nitrogen and oxygen atoms in total. The Morgan fingerprint density at radius 1 is 1.00 bits per heavy atom. The standard InChI is InChI=1S/C27H29N3O7S/c1-3-36-25-15-20(11-14-24(25)37-18-27(32)33)17-28-29-26(31)16-23(21-7-5-4-6-8-21)30-38(34,35)22-12-9-19(2)10-13-22/h4-15,17,23,30H,3,16,18H2,1-2H3,(H,29,31)(H,32,33)/b28-17-/t23-/m0/s1. The lowest BCUT2D eigenvalue weighted by Crippen LogP contribution is -2.32. The van der Waals surface area contributed by atoms with E-state index in [4.69, 9.17) is 14.6 Å². The largest absolute Gasteiger partial charge is 0.490 e. The molecule has 0 unspecified atom stereocenters. The zero-order valence-corrected chi connectivity index (χ0v) is 21.8. The highest BCUT2D eigenvalue weighted by atomic mass is 32.2. The molecule has 1 atom stereocenters. The molecule has 0 heterocycles. The van der Waals surface area contributed by atoms with Gasteiger partial charge in [0.25, 0.3) is 0 Å². The number of aliphatic carboxylic acids is 1. The zero-order chi connectivity index (χ0) is 27.5. The molecule has 11 heteroatoms. The van der Waals surface area contributed by atoms with Gasteiger partial charge in [0.15, 0.2) is 18.1 Å². The quantitative estimate of drug-likeness (QED) is 0.223. The van der Waals surface area contributed by atoms with E-state index in [1.165, 1.54) is 18.3 Å². The van der Waals surface area contributed by atoms with Crippen molar-refractivity contribution in [3.05, 3.63) is 89.5 Å². The summed E-state index contributed by atoms with van der Waals surface area (Å²) in [6, 6.07) is 19.2. The minimum Gasteiger partial charge on any atom is -0.490 e. The van der Waals surface area contributed by atoms with E-state index in [1.807, 2.05) is 6.92 Å². The number of hydrogen-bond donors (Lipinski definition) is 3. The molecule has 3 aromatic rings. The molecule has 200 valence electrons. The van der Waals surface area contributed by atoms with Crippen LogP contribution in [0.25, 0.3) is 0 Å². The molecule has 0 aliphatic rings. The molecule has 0 fully saturated rings. The van der Waals surface area contributed by atoms with Gasteiger partial charge in [-0.15, -0.1) is 0 Å². The van der Waals surface area contributed by atoms with Crippen LogP contribution in [0.3, 0.4) is 0 Å². The first-order chi connectivity index (χ1) is 18.2. The van der Waals surface area contributed by atoms with Crippen molar-refractivity contribution in [2.24, 2.45) is 5.10 Å². The third kappa shape index (κ3) is 8.43. The third-order valence-electron chi connectivity index (χ3n) is 5.24. The van der Waals surface area contributed by atoms with Crippen LogP contribution in [0.15, 0.2) is 82.8 Å². The van der Waals surface area contributed by atoms with Gasteiger partial charge in [0.05, 0.1) is 23.8 Å². The number of nitrogens with zero attached hydrogens (tertiary/aromatic N) is 1. The van der Waals surface area contributed by atoms with Gasteiger partial charge in [-0.2, -0.15) is 5.10 Å². The van der Waals surface area contributed by atoms with Gasteiger partial charge in [-0.3, -0.25) is 4.79 Å². The van der Waals surface area contributed by atoms with Gasteiger partial charge < -0.3 is 14.6 Å². The summed E-state index contributed by atoms with van der Waals surface area (Å²) in [5, 5.41) is 12.8. The highest BCUT2D eigenvalue weighted by Crippen LogP contribution is 2.28. The topological polar surface area (TPSA) is 143 Å². The lowest BCUT2D eigenvalue weighted by molar-refractivity contribution is -0.139. The van der Waals surface area contributed by atoms with Crippen molar-refractivity contribution in [3.8, 4) is 11.5 Å². The average molecular weight is 540 g/mol. The summed E-state index contributed by atoms with van der Waals surface area (Å²) in [5.74, 6) is -1.02. The van der Waals surface area contributed by atoms with E-state index in [0.29, 0.717) is 23.5 Å². The Morgan fingerprint density at radius 3 is 2.37 bits per heavy atom. The fourth-order valence-electron chi connectivity index (χ4n) is 3.43. The van der Waals surface area contributed by atoms with Crippen LogP contribution in [-0.2, 0) is 19.6 Å². The van der Waals surface area contributed by atoms with Crippen molar-refractivity contribution >= 4 is 28.1 Å². The Bertz CT molecular complexity index is 1380. The summed E-state index contributed by atoms with van der Waals surface area (Å²) < 4.78 is 39.3. The average Bonchev–Trinajstić information content (AvgIpc) is 2.88. The molecule has 0 aliphatic heterocycles. The Kier molecular flexibility index (Phi) is 9.97. The Morgan fingerprint density at radius 2 is 1.71 bits per heavy atom. The summed E-state index contributed by atoms with van der Waals surface area (Å²) in [6.45, 7) is 3.46. The molecule has 0 radical (unpaired) electrons. The van der Waals surface area contributed by atoms with Crippen LogP contribution in [0, 0.1) is 6.92 Å². The molecule has 3 rings (SSSR count). The maximum Gasteiger partial charge on any atom is 0.341 e. The number of hydrazone groups is 1. The monoisotopic (exact) mass is 539 g/mol. The van der Waals surface area contributed by atoms with E-state index < -0.39 is 34.5 Å². The molecule has 0 saturated heterocycles. The molecule has 0 spiro atoms. The summed E-state index contributed by atoms with van der Waals surface area (Å²) in [6.07, 6.45) is 1.19. The minimum atomic E-state index is -3.89. The Hall–Kier alpha value is -4.22. The highest BCUT2D eigenvalue weighted by Gasteiger charge is 2.23. The van der Waals surface area contributed by atoms with Crippen molar-refractivity contribution in [1.82, 2.24) is 10.1 Å². The van der Waals surface area contributed by atoms with Gasteiger partial charge >= 0.3 is 5.97 Å². The second-order valence-electron chi connectivity index (χ2n) is 8.22. The molecule has 0 aliphatic carbocycles. The van der Waals surface area contributed by atoms with Gasteiger partial charge in [0.1, 0.15) is 0 Å². The van der Waals surface area contributed by atoms with E-state index in [2.05, 4.69) is 15.2 Å². The maximum absolute atomic E-state index is 13.0. The number of sulfonamides is 1. The SMILES string of the molecule is CCOc1cc(/C=N\NC(=O)C[C@H](NS(=O)(=O)c2ccc(C)cc2)c2ccccc2)ccc1OCC(=O)O. The number of nitrogens with one attached hydrogen (secondary N) is 2. The number of carboxylic acid groups (broad SMARTS) is 1. The van der Waals surface area contributed by atoms with Gasteiger partial charge in [0, 0.05) is 6.42 Å². The van der Waals surface area contributed by atoms with Crippen molar-refractivity contribution in [2.45, 2.75) is 31.2 Å². The molecule has 1 amide bonds. The number of carbonyl (C=O) groups is 2. The van der Waals surface area contributed by atoms with E-state index in [0.717, 1.165) is 5.56 Å². The number of hydrogen-bond acceptors (Lipinski definition) is 7. The van der Waals surface area contributed by atoms with Crippen molar-refractivity contribution < 1.29 is 32.6 Å². The molecule has 38 heavy (non-hydrogen) atoms. The number of carbonyl (C=O) groups excluding carboxylic acids is 1. The lowest BCUT2D eigenvalue weighted by Gasteiger charge is -2.18. The lowest BCUT2D eigenvalue weighted by atomic mass is 10.0. The number of ether oxygens (including phenoxy) is 2. The number of rotatable bonds is 13. The van der Waals surface area contributed by atoms with E-state index in [1.54, 1.807) is 67.6 Å². The fourth-order valence-corrected chi connectivity index (χ4v) is 4.65. The van der Waals surface area contributed by atoms with E-state index >= 15 is 0 Å². The van der Waals surface area contributed by atoms with Gasteiger partial charge in [0.2, 0.25) is 15.9 Å². The zero-order valence-electron chi connectivity index (χ0n) is 21.0. The van der Waals surface area contributed by atoms with Gasteiger partial charge in [-0.1, -0.05) is 48.0 Å². The molecular formula is C27H29N3O7S. The maximum atomic E-state index is 13.0. The highest BCUT2D eigenvalue weighted by molar-refractivity contribution is 7.89. The van der Waals surface area contributed by atoms with Crippen LogP contribution >= 0.6 is 0 Å². The fraction of sp³-hybridized carbons (Fsp3) is 0.222. The first kappa shape index (κ1) is 28.4. The van der Waals surface area contributed by atoms with Crippen LogP contribution in [-0.4, -0.2) is 44.8 Å². The van der Waals surface area contributed by atoms with E-state index in [9.17, 15) is 18.0 Å². The Balaban J connectivity index is 1.70. The van der Waals surface area contributed by atoms with Crippen LogP contribution in [0.1, 0.15) is 36.1 Å². The van der Waals surface area contributed by atoms with E-state index in [-0.39, 0.29) is 17.1 Å². The summed E-state index contributed by atoms with van der Waals surface area (Å²) in [7, 11) is -3.89. The first-order valence-electron chi connectivity index (χ1n) is 11.7. The Labute approximate surface area is 221 Å². The summed E-state index contributed by atoms with van der Waals surface area (Å²) >= 11 is 0. The second kappa shape index (κ2) is 13.4. The molecule has 3 N–H and O–H groups in total. The first-order valence-corrected chi connectivity index (χ1v) is 13.2. The number of amides is 1. The van der Waals surface area contributed by atoms with Crippen molar-refractivity contribution in [1.29, 1.82) is 0 Å². The van der Waals surface area contributed by atoms with Crippen LogP contribution in [0.5, 0.6) is 11.5 Å². The van der Waals surface area contributed by atoms with Crippen molar-refractivity contribution in [3.63, 3.8) is 0 Å². The smallest absolute Gasteiger partial charge is 0.341 e. The minimum absolute atomic E-state index is 0.100. The van der Waals surface area contributed by atoms with Crippen LogP contribution in [0.2, 0.25) is 0 Å². The molecule has 0 bridgehead atoms. The summed E-state index contributed by atoms with van der Waals surface area (Å²) in [4.78, 5) is 23.6. The van der Waals surface area contributed by atoms with Gasteiger partial charge in [-0.25, -0.2) is 23.4 Å². The molecular weight excluding hydrogens is 510 g/mol. The second-order valence-corrected chi connectivity index (χ2v) is 9.93. The van der Waals surface area contributed by atoms with Gasteiger partial charge in [-0.05, 0) is 55.3 Å². The molecule has 0 aromatic heterocycles. The predicted molar refractivity (Wildman–Crippen MR) is 142 cm³/mol. The third-order valence-corrected chi connectivity index (χ3v) is 6.73.